The Morgan fingerprint density at radius 1 is 1.61 bits per heavy atom. The van der Waals surface area contributed by atoms with Crippen LogP contribution in [-0.4, -0.2) is 25.5 Å². The highest BCUT2D eigenvalue weighted by atomic mass is 19.1. The number of nitrogens with one attached hydrogen (secondary N) is 1. The average molecular weight is 248 g/mol. The van der Waals surface area contributed by atoms with Crippen LogP contribution < -0.4 is 15.0 Å². The van der Waals surface area contributed by atoms with E-state index in [1.807, 2.05) is 0 Å². The van der Waals surface area contributed by atoms with E-state index in [9.17, 15) is 14.0 Å². The van der Waals surface area contributed by atoms with Crippen molar-refractivity contribution in [1.29, 1.82) is 0 Å². The van der Waals surface area contributed by atoms with Crippen molar-refractivity contribution in [2.24, 2.45) is 0 Å². The van der Waals surface area contributed by atoms with Gasteiger partial charge < -0.3 is 10.1 Å². The van der Waals surface area contributed by atoms with E-state index in [-0.39, 0.29) is 30.5 Å². The molecular weight excluding hydrogens is 239 g/mol. The van der Waals surface area contributed by atoms with Gasteiger partial charge in [-0.15, -0.1) is 6.42 Å². The van der Waals surface area contributed by atoms with Gasteiger partial charge in [0.1, 0.15) is 5.75 Å². The van der Waals surface area contributed by atoms with Crippen molar-refractivity contribution in [1.82, 2.24) is 0 Å². The second-order valence-electron chi connectivity index (χ2n) is 3.53. The summed E-state index contributed by atoms with van der Waals surface area (Å²) in [7, 11) is 0. The van der Waals surface area contributed by atoms with Crippen molar-refractivity contribution < 1.29 is 18.7 Å². The van der Waals surface area contributed by atoms with Crippen LogP contribution in [0.3, 0.4) is 0 Å². The highest BCUT2D eigenvalue weighted by Crippen LogP contribution is 2.36. The Balaban J connectivity index is 2.49. The molecule has 0 aliphatic carbocycles. The molecule has 1 heterocycles. The standard InChI is InChI=1S/C12H9FN2O3/c1-2-3-15-10-5-9(14-7-16)8(13)4-11(10)18-6-12(15)17/h1,4-5,7H,3,6H2,(H,14,16). The number of rotatable bonds is 3. The number of fused-ring (bicyclic) bond motifs is 1. The number of hydrogen-bond acceptors (Lipinski definition) is 3. The van der Waals surface area contributed by atoms with Gasteiger partial charge in [-0.1, -0.05) is 5.92 Å². The molecule has 0 aromatic heterocycles. The van der Waals surface area contributed by atoms with E-state index in [1.165, 1.54) is 11.0 Å². The molecule has 0 saturated heterocycles. The minimum atomic E-state index is -0.643. The molecule has 5 nitrogen and oxygen atoms in total. The van der Waals surface area contributed by atoms with E-state index >= 15 is 0 Å². The monoisotopic (exact) mass is 248 g/mol. The van der Waals surface area contributed by atoms with Crippen LogP contribution in [0.15, 0.2) is 12.1 Å². The van der Waals surface area contributed by atoms with Crippen molar-refractivity contribution in [3.05, 3.63) is 17.9 Å². The van der Waals surface area contributed by atoms with Crippen LogP contribution in [0.25, 0.3) is 0 Å². The van der Waals surface area contributed by atoms with E-state index in [0.29, 0.717) is 12.1 Å². The molecule has 1 N–H and O–H groups in total. The van der Waals surface area contributed by atoms with E-state index < -0.39 is 5.82 Å². The number of hydrogen-bond donors (Lipinski definition) is 1. The second kappa shape index (κ2) is 4.75. The van der Waals surface area contributed by atoms with Crippen molar-refractivity contribution in [3.63, 3.8) is 0 Å². The fourth-order valence-corrected chi connectivity index (χ4v) is 1.66. The molecule has 0 atom stereocenters. The lowest BCUT2D eigenvalue weighted by Gasteiger charge is -2.28. The third-order valence-corrected chi connectivity index (χ3v) is 2.46. The van der Waals surface area contributed by atoms with E-state index in [1.54, 1.807) is 0 Å². The summed E-state index contributed by atoms with van der Waals surface area (Å²) in [6.45, 7) is -0.129. The van der Waals surface area contributed by atoms with Crippen molar-refractivity contribution in [2.75, 3.05) is 23.4 Å². The molecule has 0 unspecified atom stereocenters. The smallest absolute Gasteiger partial charge is 0.265 e. The van der Waals surface area contributed by atoms with E-state index in [2.05, 4.69) is 11.2 Å². The molecular formula is C12H9FN2O3. The lowest BCUT2D eigenvalue weighted by Crippen LogP contribution is -2.39. The number of nitrogens with zero attached hydrogens (tertiary/aromatic N) is 1. The molecule has 0 bridgehead atoms. The van der Waals surface area contributed by atoms with E-state index in [4.69, 9.17) is 11.2 Å². The quantitative estimate of drug-likeness (QED) is 0.634. The largest absolute Gasteiger partial charge is 0.481 e. The summed E-state index contributed by atoms with van der Waals surface area (Å²) in [4.78, 5) is 23.3. The molecule has 2 amide bonds. The fourth-order valence-electron chi connectivity index (χ4n) is 1.66. The summed E-state index contributed by atoms with van der Waals surface area (Å²) in [6, 6.07) is 2.42. The first-order chi connectivity index (χ1) is 8.67. The minimum absolute atomic E-state index is 0.0379. The Morgan fingerprint density at radius 3 is 3.06 bits per heavy atom. The summed E-state index contributed by atoms with van der Waals surface area (Å²) in [5.74, 6) is 1.60. The molecule has 1 aromatic carbocycles. The predicted molar refractivity (Wildman–Crippen MR) is 62.8 cm³/mol. The van der Waals surface area contributed by atoms with Gasteiger partial charge in [0.05, 0.1) is 17.9 Å². The highest BCUT2D eigenvalue weighted by Gasteiger charge is 2.26. The van der Waals surface area contributed by atoms with Crippen LogP contribution in [0.1, 0.15) is 0 Å². The van der Waals surface area contributed by atoms with Crippen LogP contribution in [0.5, 0.6) is 5.75 Å². The zero-order chi connectivity index (χ0) is 13.1. The Kier molecular flexibility index (Phi) is 3.15. The molecule has 1 aliphatic heterocycles. The zero-order valence-corrected chi connectivity index (χ0v) is 9.27. The van der Waals surface area contributed by atoms with Gasteiger partial charge in [0.2, 0.25) is 6.41 Å². The van der Waals surface area contributed by atoms with Gasteiger partial charge >= 0.3 is 0 Å². The third-order valence-electron chi connectivity index (χ3n) is 2.46. The van der Waals surface area contributed by atoms with Gasteiger partial charge in [0.15, 0.2) is 12.4 Å². The molecule has 2 rings (SSSR count). The predicted octanol–water partition coefficient (Wildman–Crippen LogP) is 0.753. The van der Waals surface area contributed by atoms with E-state index in [0.717, 1.165) is 6.07 Å². The maximum Gasteiger partial charge on any atom is 0.265 e. The molecule has 1 aromatic rings. The molecule has 18 heavy (non-hydrogen) atoms. The molecule has 1 aliphatic rings. The van der Waals surface area contributed by atoms with Gasteiger partial charge in [0, 0.05) is 6.07 Å². The second-order valence-corrected chi connectivity index (χ2v) is 3.53. The average Bonchev–Trinajstić information content (AvgIpc) is 2.35. The summed E-state index contributed by atoms with van der Waals surface area (Å²) < 4.78 is 18.6. The number of benzene rings is 1. The Hall–Kier alpha value is -2.55. The SMILES string of the molecule is C#CCN1C(=O)COc2cc(F)c(NC=O)cc21. The Morgan fingerprint density at radius 2 is 2.39 bits per heavy atom. The fraction of sp³-hybridized carbons (Fsp3) is 0.167. The molecule has 0 radical (unpaired) electrons. The van der Waals surface area contributed by atoms with Gasteiger partial charge in [-0.3, -0.25) is 14.5 Å². The van der Waals surface area contributed by atoms with Crippen molar-refractivity contribution in [3.8, 4) is 18.1 Å². The summed E-state index contributed by atoms with van der Waals surface area (Å²) in [5, 5.41) is 2.20. The molecule has 92 valence electrons. The minimum Gasteiger partial charge on any atom is -0.481 e. The topological polar surface area (TPSA) is 58.6 Å². The van der Waals surface area contributed by atoms with Crippen LogP contribution in [0, 0.1) is 18.2 Å². The van der Waals surface area contributed by atoms with Crippen molar-refractivity contribution in [2.45, 2.75) is 0 Å². The van der Waals surface area contributed by atoms with Gasteiger partial charge in [-0.05, 0) is 6.07 Å². The molecule has 0 saturated carbocycles. The van der Waals surface area contributed by atoms with Crippen LogP contribution in [0.2, 0.25) is 0 Å². The Labute approximate surface area is 103 Å². The van der Waals surface area contributed by atoms with Crippen molar-refractivity contribution >= 4 is 23.7 Å². The van der Waals surface area contributed by atoms with Crippen LogP contribution >= 0.6 is 0 Å². The summed E-state index contributed by atoms with van der Waals surface area (Å²) in [5.41, 5.74) is 0.305. The lowest BCUT2D eigenvalue weighted by atomic mass is 10.2. The maximum atomic E-state index is 13.5. The first-order valence-corrected chi connectivity index (χ1v) is 5.07. The number of halogens is 1. The van der Waals surface area contributed by atoms with Gasteiger partial charge in [-0.25, -0.2) is 4.39 Å². The number of carbonyl (C=O) groups excluding carboxylic acids is 2. The zero-order valence-electron chi connectivity index (χ0n) is 9.27. The highest BCUT2D eigenvalue weighted by molar-refractivity contribution is 5.99. The molecule has 6 heteroatoms. The number of ether oxygens (including phenoxy) is 1. The Bertz CT molecular complexity index is 551. The number of terminal acetylenes is 1. The lowest BCUT2D eigenvalue weighted by molar-refractivity contribution is -0.121. The summed E-state index contributed by atoms with van der Waals surface area (Å²) in [6.07, 6.45) is 5.52. The number of carbonyl (C=O) groups is 2. The third kappa shape index (κ3) is 1.98. The first kappa shape index (κ1) is 11.9. The normalized spacial score (nSPS) is 13.3. The maximum absolute atomic E-state index is 13.5. The van der Waals surface area contributed by atoms with Gasteiger partial charge in [0.25, 0.3) is 5.91 Å². The first-order valence-electron chi connectivity index (χ1n) is 5.07. The van der Waals surface area contributed by atoms with Crippen LogP contribution in [0.4, 0.5) is 15.8 Å². The number of amides is 2. The molecule has 0 spiro atoms. The number of anilines is 2. The van der Waals surface area contributed by atoms with Gasteiger partial charge in [-0.2, -0.15) is 0 Å². The molecule has 0 fully saturated rings. The van der Waals surface area contributed by atoms with Crippen LogP contribution in [-0.2, 0) is 9.59 Å². The summed E-state index contributed by atoms with van der Waals surface area (Å²) >= 11 is 0.